The van der Waals surface area contributed by atoms with Crippen molar-refractivity contribution in [3.8, 4) is 11.2 Å². The zero-order valence-corrected chi connectivity index (χ0v) is 8.25. The minimum Gasteiger partial charge on any atom is -0.494 e. The molecule has 68 valence electrons. The third kappa shape index (κ3) is 2.27. The summed E-state index contributed by atoms with van der Waals surface area (Å²) in [6.07, 6.45) is 0. The van der Waals surface area contributed by atoms with Gasteiger partial charge in [0, 0.05) is 4.90 Å². The summed E-state index contributed by atoms with van der Waals surface area (Å²) in [6, 6.07) is 2.52. The highest BCUT2D eigenvalue weighted by Gasteiger charge is 2.08. The Morgan fingerprint density at radius 3 is 2.85 bits per heavy atom. The number of thiocyanates is 1. The van der Waals surface area contributed by atoms with Crippen molar-refractivity contribution < 1.29 is 9.13 Å². The van der Waals surface area contributed by atoms with Gasteiger partial charge in [-0.25, -0.2) is 4.39 Å². The summed E-state index contributed by atoms with van der Waals surface area (Å²) in [5.74, 6) is -0.447. The van der Waals surface area contributed by atoms with E-state index in [1.165, 1.54) is 13.2 Å². The first-order chi connectivity index (χ1) is 6.19. The lowest BCUT2D eigenvalue weighted by atomic mass is 10.3. The second-order valence-electron chi connectivity index (χ2n) is 2.11. The molecule has 5 heteroatoms. The zero-order chi connectivity index (χ0) is 9.84. The van der Waals surface area contributed by atoms with Crippen LogP contribution in [0.5, 0.6) is 5.75 Å². The predicted molar refractivity (Wildman–Crippen MR) is 49.4 cm³/mol. The SMILES string of the molecule is COc1cc(SC#N)c(Cl)cc1F. The van der Waals surface area contributed by atoms with E-state index in [2.05, 4.69) is 0 Å². The van der Waals surface area contributed by atoms with Gasteiger partial charge in [-0.1, -0.05) is 11.6 Å². The van der Waals surface area contributed by atoms with Crippen LogP contribution in [0.3, 0.4) is 0 Å². The average molecular weight is 218 g/mol. The Hall–Kier alpha value is -0.920. The highest BCUT2D eigenvalue weighted by molar-refractivity contribution is 8.03. The summed E-state index contributed by atoms with van der Waals surface area (Å²) in [4.78, 5) is 0.488. The molecule has 0 amide bonds. The van der Waals surface area contributed by atoms with Gasteiger partial charge in [0.05, 0.1) is 12.1 Å². The lowest BCUT2D eigenvalue weighted by Crippen LogP contribution is -1.88. The fourth-order valence-corrected chi connectivity index (χ4v) is 1.48. The maximum atomic E-state index is 13.0. The highest BCUT2D eigenvalue weighted by Crippen LogP contribution is 2.32. The molecule has 0 radical (unpaired) electrons. The molecule has 0 spiro atoms. The van der Waals surface area contributed by atoms with Crippen LogP contribution in [0.15, 0.2) is 17.0 Å². The number of hydrogen-bond donors (Lipinski definition) is 0. The minimum atomic E-state index is -0.533. The van der Waals surface area contributed by atoms with E-state index in [9.17, 15) is 4.39 Å². The van der Waals surface area contributed by atoms with Gasteiger partial charge in [0.25, 0.3) is 0 Å². The van der Waals surface area contributed by atoms with Crippen molar-refractivity contribution in [3.05, 3.63) is 23.0 Å². The molecule has 0 aromatic heterocycles. The van der Waals surface area contributed by atoms with E-state index < -0.39 is 5.82 Å². The number of ether oxygens (including phenoxy) is 1. The first kappa shape index (κ1) is 10.2. The molecule has 0 saturated heterocycles. The Morgan fingerprint density at radius 2 is 2.31 bits per heavy atom. The molecule has 1 aromatic carbocycles. The number of halogens is 2. The molecular formula is C8H5ClFNOS. The number of hydrogen-bond acceptors (Lipinski definition) is 3. The summed E-state index contributed by atoms with van der Waals surface area (Å²) >= 11 is 6.54. The van der Waals surface area contributed by atoms with Crippen molar-refractivity contribution in [3.63, 3.8) is 0 Å². The van der Waals surface area contributed by atoms with Crippen LogP contribution in [0.1, 0.15) is 0 Å². The van der Waals surface area contributed by atoms with E-state index in [-0.39, 0.29) is 10.8 Å². The van der Waals surface area contributed by atoms with Crippen LogP contribution in [-0.2, 0) is 0 Å². The average Bonchev–Trinajstić information content (AvgIpc) is 2.10. The normalized spacial score (nSPS) is 9.38. The third-order valence-corrected chi connectivity index (χ3v) is 2.44. The molecule has 0 fully saturated rings. The molecule has 0 aliphatic rings. The molecule has 1 rings (SSSR count). The third-order valence-electron chi connectivity index (χ3n) is 1.36. The summed E-state index contributed by atoms with van der Waals surface area (Å²) in [5, 5.41) is 10.5. The van der Waals surface area contributed by atoms with Gasteiger partial charge in [-0.15, -0.1) is 0 Å². The molecule has 0 aliphatic carbocycles. The Bertz CT molecular complexity index is 364. The fourth-order valence-electron chi connectivity index (χ4n) is 0.794. The quantitative estimate of drug-likeness (QED) is 0.564. The summed E-state index contributed by atoms with van der Waals surface area (Å²) in [7, 11) is 1.35. The van der Waals surface area contributed by atoms with Gasteiger partial charge >= 0.3 is 0 Å². The molecule has 0 unspecified atom stereocenters. The molecular weight excluding hydrogens is 213 g/mol. The van der Waals surface area contributed by atoms with Crippen molar-refractivity contribution in [1.82, 2.24) is 0 Å². The smallest absolute Gasteiger partial charge is 0.166 e. The van der Waals surface area contributed by atoms with E-state index in [0.29, 0.717) is 4.90 Å². The monoisotopic (exact) mass is 217 g/mol. The molecule has 0 atom stereocenters. The van der Waals surface area contributed by atoms with E-state index >= 15 is 0 Å². The summed E-state index contributed by atoms with van der Waals surface area (Å²) in [6.45, 7) is 0. The molecule has 0 N–H and O–H groups in total. The molecule has 0 bridgehead atoms. The van der Waals surface area contributed by atoms with Crippen LogP contribution < -0.4 is 4.74 Å². The van der Waals surface area contributed by atoms with Gasteiger partial charge in [-0.05, 0) is 23.9 Å². The van der Waals surface area contributed by atoms with Gasteiger partial charge in [-0.3, -0.25) is 0 Å². The number of nitrogens with zero attached hydrogens (tertiary/aromatic N) is 1. The molecule has 0 aliphatic heterocycles. The van der Waals surface area contributed by atoms with Crippen molar-refractivity contribution >= 4 is 23.4 Å². The summed E-state index contributed by atoms with van der Waals surface area (Å²) < 4.78 is 17.7. The number of thioether (sulfide) groups is 1. The topological polar surface area (TPSA) is 33.0 Å². The maximum Gasteiger partial charge on any atom is 0.166 e. The molecule has 1 aromatic rings. The van der Waals surface area contributed by atoms with Gasteiger partial charge in [-0.2, -0.15) is 5.26 Å². The summed E-state index contributed by atoms with van der Waals surface area (Å²) in [5.41, 5.74) is 0. The number of nitriles is 1. The predicted octanol–water partition coefficient (Wildman–Crippen LogP) is 3.06. The standard InChI is InChI=1S/C8H5ClFNOS/c1-12-7-3-8(13-4-11)5(9)2-6(7)10/h2-3H,1H3. The van der Waals surface area contributed by atoms with Crippen molar-refractivity contribution in [2.45, 2.75) is 4.90 Å². The Balaban J connectivity index is 3.16. The van der Waals surface area contributed by atoms with Crippen LogP contribution in [0, 0.1) is 16.5 Å². The van der Waals surface area contributed by atoms with Crippen LogP contribution >= 0.6 is 23.4 Å². The van der Waals surface area contributed by atoms with Crippen LogP contribution in [0.4, 0.5) is 4.39 Å². The first-order valence-electron chi connectivity index (χ1n) is 3.28. The van der Waals surface area contributed by atoms with Crippen LogP contribution in [-0.4, -0.2) is 7.11 Å². The van der Waals surface area contributed by atoms with E-state index in [1.807, 2.05) is 5.40 Å². The van der Waals surface area contributed by atoms with Crippen molar-refractivity contribution in [1.29, 1.82) is 5.26 Å². The van der Waals surface area contributed by atoms with Gasteiger partial charge in [0.2, 0.25) is 0 Å². The maximum absolute atomic E-state index is 13.0. The minimum absolute atomic E-state index is 0.0853. The van der Waals surface area contributed by atoms with Crippen molar-refractivity contribution in [2.75, 3.05) is 7.11 Å². The van der Waals surface area contributed by atoms with Crippen LogP contribution in [0.25, 0.3) is 0 Å². The Morgan fingerprint density at radius 1 is 1.62 bits per heavy atom. The lowest BCUT2D eigenvalue weighted by Gasteiger charge is -2.04. The fraction of sp³-hybridized carbons (Fsp3) is 0.125. The Labute approximate surface area is 84.3 Å². The molecule has 0 saturated carbocycles. The Kier molecular flexibility index (Phi) is 3.40. The molecule has 2 nitrogen and oxygen atoms in total. The highest BCUT2D eigenvalue weighted by atomic mass is 35.5. The molecule has 0 heterocycles. The number of methoxy groups -OCH3 is 1. The van der Waals surface area contributed by atoms with Crippen molar-refractivity contribution in [2.24, 2.45) is 0 Å². The van der Waals surface area contributed by atoms with Crippen LogP contribution in [0.2, 0.25) is 5.02 Å². The number of benzene rings is 1. The van der Waals surface area contributed by atoms with Gasteiger partial charge in [0.15, 0.2) is 11.6 Å². The molecule has 13 heavy (non-hydrogen) atoms. The second-order valence-corrected chi connectivity index (χ2v) is 3.34. The number of rotatable bonds is 2. The van der Waals surface area contributed by atoms with Gasteiger partial charge < -0.3 is 4.74 Å². The van der Waals surface area contributed by atoms with Gasteiger partial charge in [0.1, 0.15) is 5.40 Å². The zero-order valence-electron chi connectivity index (χ0n) is 6.67. The van der Waals surface area contributed by atoms with E-state index in [1.54, 1.807) is 0 Å². The largest absolute Gasteiger partial charge is 0.494 e. The first-order valence-corrected chi connectivity index (χ1v) is 4.47. The van der Waals surface area contributed by atoms with E-state index in [4.69, 9.17) is 21.6 Å². The van der Waals surface area contributed by atoms with E-state index in [0.717, 1.165) is 17.8 Å². The lowest BCUT2D eigenvalue weighted by molar-refractivity contribution is 0.385. The second kappa shape index (κ2) is 4.35.